The van der Waals surface area contributed by atoms with Crippen LogP contribution in [0.4, 0.5) is 8.78 Å². The first-order chi connectivity index (χ1) is 11.4. The fraction of sp³-hybridized carbons (Fsp3) is 0.350. The molecule has 1 aromatic carbocycles. The lowest BCUT2D eigenvalue weighted by Gasteiger charge is -2.19. The fourth-order valence-corrected chi connectivity index (χ4v) is 3.45. The summed E-state index contributed by atoms with van der Waals surface area (Å²) in [6.45, 7) is 8.10. The van der Waals surface area contributed by atoms with Crippen molar-refractivity contribution in [3.8, 4) is 11.1 Å². The van der Waals surface area contributed by atoms with Gasteiger partial charge in [0.2, 0.25) is 0 Å². The smallest absolute Gasteiger partial charge is 0.133 e. The molecule has 2 nitrogen and oxygen atoms in total. The summed E-state index contributed by atoms with van der Waals surface area (Å²) in [7, 11) is 0. The van der Waals surface area contributed by atoms with Crippen molar-refractivity contribution in [1.82, 2.24) is 4.98 Å². The minimum absolute atomic E-state index is 0.270. The molecule has 2 N–H and O–H groups in total. The molecule has 0 fully saturated rings. The highest BCUT2D eigenvalue weighted by Crippen LogP contribution is 2.38. The molecule has 1 aliphatic rings. The van der Waals surface area contributed by atoms with Gasteiger partial charge in [-0.1, -0.05) is 20.4 Å². The van der Waals surface area contributed by atoms with E-state index in [2.05, 4.69) is 20.4 Å². The van der Waals surface area contributed by atoms with Gasteiger partial charge < -0.3 is 5.73 Å². The van der Waals surface area contributed by atoms with E-state index >= 15 is 0 Å². The number of hydrogen-bond acceptors (Lipinski definition) is 2. The second-order valence-electron chi connectivity index (χ2n) is 6.86. The van der Waals surface area contributed by atoms with Crippen molar-refractivity contribution in [3.63, 3.8) is 0 Å². The van der Waals surface area contributed by atoms with Crippen LogP contribution < -0.4 is 5.73 Å². The Balaban J connectivity index is 2.29. The minimum Gasteiger partial charge on any atom is -0.397 e. The van der Waals surface area contributed by atoms with Crippen molar-refractivity contribution in [2.45, 2.75) is 39.0 Å². The van der Waals surface area contributed by atoms with Crippen molar-refractivity contribution >= 4 is 5.70 Å². The quantitative estimate of drug-likeness (QED) is 0.785. The molecule has 2 atom stereocenters. The topological polar surface area (TPSA) is 38.9 Å². The van der Waals surface area contributed by atoms with Gasteiger partial charge in [-0.05, 0) is 60.4 Å². The Hall–Kier alpha value is -2.23. The van der Waals surface area contributed by atoms with Crippen LogP contribution in [-0.2, 0) is 6.42 Å². The van der Waals surface area contributed by atoms with E-state index < -0.39 is 11.6 Å². The van der Waals surface area contributed by atoms with Gasteiger partial charge in [0.25, 0.3) is 0 Å². The lowest BCUT2D eigenvalue weighted by atomic mass is 9.90. The lowest BCUT2D eigenvalue weighted by molar-refractivity contribution is 0.503. The van der Waals surface area contributed by atoms with Gasteiger partial charge in [-0.3, -0.25) is 4.98 Å². The number of fused-ring (bicyclic) bond motifs is 1. The number of benzene rings is 1. The van der Waals surface area contributed by atoms with Crippen LogP contribution in [0.2, 0.25) is 0 Å². The van der Waals surface area contributed by atoms with Gasteiger partial charge in [0.05, 0.1) is 11.4 Å². The van der Waals surface area contributed by atoms with Crippen molar-refractivity contribution in [2.24, 2.45) is 11.7 Å². The molecule has 0 saturated heterocycles. The van der Waals surface area contributed by atoms with E-state index in [1.165, 1.54) is 12.1 Å². The SMILES string of the molecule is C=C(N)c1cc(-c2ccc(F)cc2F)c2c(n1)C(C)CCC(C)C2. The van der Waals surface area contributed by atoms with E-state index in [1.54, 1.807) is 6.07 Å². The Bertz CT molecular complexity index is 798. The van der Waals surface area contributed by atoms with Gasteiger partial charge in [-0.25, -0.2) is 8.78 Å². The molecule has 2 unspecified atom stereocenters. The first-order valence-corrected chi connectivity index (χ1v) is 8.30. The highest BCUT2D eigenvalue weighted by atomic mass is 19.1. The van der Waals surface area contributed by atoms with Crippen LogP contribution in [0.25, 0.3) is 16.8 Å². The summed E-state index contributed by atoms with van der Waals surface area (Å²) in [5, 5.41) is 0. The molecule has 0 spiro atoms. The molecule has 4 heteroatoms. The van der Waals surface area contributed by atoms with Gasteiger partial charge in [0, 0.05) is 17.3 Å². The third kappa shape index (κ3) is 3.05. The van der Waals surface area contributed by atoms with Crippen molar-refractivity contribution in [2.75, 3.05) is 0 Å². The normalized spacial score (nSPS) is 20.3. The number of nitrogens with zero attached hydrogens (tertiary/aromatic N) is 1. The van der Waals surface area contributed by atoms with Crippen LogP contribution in [0, 0.1) is 17.6 Å². The third-order valence-corrected chi connectivity index (χ3v) is 4.82. The predicted octanol–water partition coefficient (Wildman–Crippen LogP) is 5.03. The maximum absolute atomic E-state index is 14.4. The summed E-state index contributed by atoms with van der Waals surface area (Å²) in [6, 6.07) is 5.47. The van der Waals surface area contributed by atoms with Crippen LogP contribution in [0.5, 0.6) is 0 Å². The van der Waals surface area contributed by atoms with Gasteiger partial charge in [-0.2, -0.15) is 0 Å². The Morgan fingerprint density at radius 1 is 1.17 bits per heavy atom. The molecule has 3 rings (SSSR count). The second-order valence-corrected chi connectivity index (χ2v) is 6.86. The van der Waals surface area contributed by atoms with Crippen LogP contribution in [0.3, 0.4) is 0 Å². The molecular weight excluding hydrogens is 306 g/mol. The molecule has 1 aromatic heterocycles. The van der Waals surface area contributed by atoms with Crippen molar-refractivity contribution in [1.29, 1.82) is 0 Å². The zero-order chi connectivity index (χ0) is 17.4. The van der Waals surface area contributed by atoms with Crippen LogP contribution in [-0.4, -0.2) is 4.98 Å². The number of aromatic nitrogens is 1. The van der Waals surface area contributed by atoms with Gasteiger partial charge >= 0.3 is 0 Å². The molecule has 1 aliphatic carbocycles. The zero-order valence-electron chi connectivity index (χ0n) is 14.1. The predicted molar refractivity (Wildman–Crippen MR) is 93.3 cm³/mol. The zero-order valence-corrected chi connectivity index (χ0v) is 14.1. The first-order valence-electron chi connectivity index (χ1n) is 8.30. The standard InChI is InChI=1S/C20H22F2N2/c1-11-4-5-12(2)20-17(8-11)16(10-19(24-20)13(3)23)15-7-6-14(21)9-18(15)22/h6-7,9-12H,3-5,8,23H2,1-2H3. The summed E-state index contributed by atoms with van der Waals surface area (Å²) in [5.74, 6) is -0.390. The first kappa shape index (κ1) is 16.6. The van der Waals surface area contributed by atoms with E-state index in [1.807, 2.05) is 0 Å². The van der Waals surface area contributed by atoms with E-state index in [0.29, 0.717) is 22.9 Å². The minimum atomic E-state index is -0.582. The maximum atomic E-state index is 14.4. The number of rotatable bonds is 2. The monoisotopic (exact) mass is 328 g/mol. The third-order valence-electron chi connectivity index (χ3n) is 4.82. The largest absolute Gasteiger partial charge is 0.397 e. The molecule has 126 valence electrons. The molecule has 0 saturated carbocycles. The highest BCUT2D eigenvalue weighted by molar-refractivity contribution is 5.73. The van der Waals surface area contributed by atoms with Gasteiger partial charge in [0.15, 0.2) is 0 Å². The van der Waals surface area contributed by atoms with E-state index in [4.69, 9.17) is 10.7 Å². The Labute approximate surface area is 141 Å². The van der Waals surface area contributed by atoms with Crippen LogP contribution >= 0.6 is 0 Å². The molecule has 0 amide bonds. The highest BCUT2D eigenvalue weighted by Gasteiger charge is 2.25. The van der Waals surface area contributed by atoms with Crippen molar-refractivity contribution < 1.29 is 8.78 Å². The number of halogens is 2. The Kier molecular flexibility index (Phi) is 4.39. The molecule has 1 heterocycles. The average Bonchev–Trinajstić information content (AvgIpc) is 2.66. The molecule has 0 bridgehead atoms. The number of hydrogen-bond donors (Lipinski definition) is 1. The van der Waals surface area contributed by atoms with Crippen molar-refractivity contribution in [3.05, 3.63) is 59.4 Å². The maximum Gasteiger partial charge on any atom is 0.133 e. The molecule has 0 radical (unpaired) electrons. The summed E-state index contributed by atoms with van der Waals surface area (Å²) < 4.78 is 27.7. The fourth-order valence-electron chi connectivity index (χ4n) is 3.45. The molecule has 0 aliphatic heterocycles. The summed E-state index contributed by atoms with van der Waals surface area (Å²) in [5.41, 5.74) is 9.92. The molecular formula is C20H22F2N2. The van der Waals surface area contributed by atoms with E-state index in [-0.39, 0.29) is 5.92 Å². The average molecular weight is 328 g/mol. The van der Waals surface area contributed by atoms with Gasteiger partial charge in [-0.15, -0.1) is 0 Å². The Morgan fingerprint density at radius 3 is 2.58 bits per heavy atom. The van der Waals surface area contributed by atoms with Crippen LogP contribution in [0.15, 0.2) is 30.8 Å². The lowest BCUT2D eigenvalue weighted by Crippen LogP contribution is -2.09. The summed E-state index contributed by atoms with van der Waals surface area (Å²) in [4.78, 5) is 4.70. The van der Waals surface area contributed by atoms with Gasteiger partial charge in [0.1, 0.15) is 11.6 Å². The van der Waals surface area contributed by atoms with Crippen LogP contribution in [0.1, 0.15) is 49.6 Å². The van der Waals surface area contributed by atoms with E-state index in [0.717, 1.165) is 42.1 Å². The summed E-state index contributed by atoms with van der Waals surface area (Å²) >= 11 is 0. The molecule has 2 aromatic rings. The Morgan fingerprint density at radius 2 is 1.92 bits per heavy atom. The molecule has 24 heavy (non-hydrogen) atoms. The second kappa shape index (κ2) is 6.34. The van der Waals surface area contributed by atoms with E-state index in [9.17, 15) is 8.78 Å². The number of pyridine rings is 1. The number of nitrogens with two attached hydrogens (primary N) is 1. The summed E-state index contributed by atoms with van der Waals surface area (Å²) in [6.07, 6.45) is 2.96.